The summed E-state index contributed by atoms with van der Waals surface area (Å²) >= 11 is 11.5. The SMILES string of the molecule is CC1CC1c1nc(Cl)cc(Cl)n1. The third-order valence-electron chi connectivity index (χ3n) is 2.12. The van der Waals surface area contributed by atoms with E-state index < -0.39 is 0 Å². The van der Waals surface area contributed by atoms with Crippen LogP contribution in [0.25, 0.3) is 0 Å². The molecule has 2 atom stereocenters. The van der Waals surface area contributed by atoms with Crippen LogP contribution in [-0.2, 0) is 0 Å². The van der Waals surface area contributed by atoms with E-state index in [1.54, 1.807) is 6.07 Å². The molecule has 0 aliphatic heterocycles. The molecule has 64 valence electrons. The molecule has 0 saturated heterocycles. The van der Waals surface area contributed by atoms with Crippen LogP contribution in [0.1, 0.15) is 25.1 Å². The van der Waals surface area contributed by atoms with Gasteiger partial charge in [-0.05, 0) is 12.3 Å². The monoisotopic (exact) mass is 202 g/mol. The lowest BCUT2D eigenvalue weighted by molar-refractivity contribution is 0.842. The van der Waals surface area contributed by atoms with Gasteiger partial charge in [0.2, 0.25) is 0 Å². The lowest BCUT2D eigenvalue weighted by Crippen LogP contribution is -1.93. The van der Waals surface area contributed by atoms with E-state index in [4.69, 9.17) is 23.2 Å². The molecule has 1 fully saturated rings. The van der Waals surface area contributed by atoms with Gasteiger partial charge in [0.25, 0.3) is 0 Å². The Bertz CT molecular complexity index is 294. The molecule has 0 radical (unpaired) electrons. The molecule has 2 unspecified atom stereocenters. The molecule has 1 aromatic rings. The molecule has 4 heteroatoms. The Labute approximate surface area is 80.9 Å². The minimum atomic E-state index is 0.434. The van der Waals surface area contributed by atoms with E-state index in [9.17, 15) is 0 Å². The van der Waals surface area contributed by atoms with Gasteiger partial charge < -0.3 is 0 Å². The number of nitrogens with zero attached hydrogens (tertiary/aromatic N) is 2. The number of hydrogen-bond acceptors (Lipinski definition) is 2. The third kappa shape index (κ3) is 1.54. The van der Waals surface area contributed by atoms with Crippen molar-refractivity contribution in [3.63, 3.8) is 0 Å². The largest absolute Gasteiger partial charge is 0.221 e. The van der Waals surface area contributed by atoms with Gasteiger partial charge in [-0.15, -0.1) is 0 Å². The third-order valence-corrected chi connectivity index (χ3v) is 2.51. The quantitative estimate of drug-likeness (QED) is 0.655. The molecule has 0 aromatic carbocycles. The molecule has 0 N–H and O–H groups in total. The molecule has 0 spiro atoms. The van der Waals surface area contributed by atoms with Crippen LogP contribution in [0.15, 0.2) is 6.07 Å². The van der Waals surface area contributed by atoms with Crippen LogP contribution in [0, 0.1) is 5.92 Å². The van der Waals surface area contributed by atoms with Gasteiger partial charge in [0.15, 0.2) is 0 Å². The van der Waals surface area contributed by atoms with E-state index in [-0.39, 0.29) is 0 Å². The first-order chi connectivity index (χ1) is 5.66. The maximum absolute atomic E-state index is 5.73. The Kier molecular flexibility index (Phi) is 1.97. The van der Waals surface area contributed by atoms with E-state index in [0.717, 1.165) is 12.2 Å². The molecule has 0 bridgehead atoms. The van der Waals surface area contributed by atoms with E-state index in [2.05, 4.69) is 16.9 Å². The molecule has 1 heterocycles. The van der Waals surface area contributed by atoms with Gasteiger partial charge in [-0.1, -0.05) is 30.1 Å². The maximum Gasteiger partial charge on any atom is 0.135 e. The van der Waals surface area contributed by atoms with Crippen molar-refractivity contribution in [1.82, 2.24) is 9.97 Å². The van der Waals surface area contributed by atoms with Crippen LogP contribution in [-0.4, -0.2) is 9.97 Å². The fraction of sp³-hybridized carbons (Fsp3) is 0.500. The Balaban J connectivity index is 2.32. The summed E-state index contributed by atoms with van der Waals surface area (Å²) in [4.78, 5) is 8.23. The molecule has 2 rings (SSSR count). The fourth-order valence-electron chi connectivity index (χ4n) is 1.25. The van der Waals surface area contributed by atoms with Crippen molar-refractivity contribution < 1.29 is 0 Å². The van der Waals surface area contributed by atoms with E-state index in [0.29, 0.717) is 22.1 Å². The molecule has 1 saturated carbocycles. The summed E-state index contributed by atoms with van der Waals surface area (Å²) in [6.45, 7) is 2.17. The predicted octanol–water partition coefficient (Wildman–Crippen LogP) is 2.91. The van der Waals surface area contributed by atoms with Crippen LogP contribution in [0.3, 0.4) is 0 Å². The first-order valence-electron chi connectivity index (χ1n) is 3.87. The summed E-state index contributed by atoms with van der Waals surface area (Å²) in [5.41, 5.74) is 0. The molecule has 1 aromatic heterocycles. The summed E-state index contributed by atoms with van der Waals surface area (Å²) in [7, 11) is 0. The van der Waals surface area contributed by atoms with E-state index in [1.807, 2.05) is 0 Å². The second kappa shape index (κ2) is 2.86. The first kappa shape index (κ1) is 8.27. The average Bonchev–Trinajstić information content (AvgIpc) is 2.64. The van der Waals surface area contributed by atoms with Crippen molar-refractivity contribution in [2.75, 3.05) is 0 Å². The molecule has 1 aliphatic carbocycles. The van der Waals surface area contributed by atoms with Gasteiger partial charge in [0, 0.05) is 12.0 Å². The topological polar surface area (TPSA) is 25.8 Å². The molecule has 12 heavy (non-hydrogen) atoms. The predicted molar refractivity (Wildman–Crippen MR) is 48.6 cm³/mol. The van der Waals surface area contributed by atoms with Crippen molar-refractivity contribution in [2.45, 2.75) is 19.3 Å². The number of halogens is 2. The van der Waals surface area contributed by atoms with Gasteiger partial charge in [-0.3, -0.25) is 0 Å². The van der Waals surface area contributed by atoms with Gasteiger partial charge >= 0.3 is 0 Å². The van der Waals surface area contributed by atoms with E-state index >= 15 is 0 Å². The summed E-state index contributed by atoms with van der Waals surface area (Å²) in [6, 6.07) is 1.56. The number of aromatic nitrogens is 2. The van der Waals surface area contributed by atoms with E-state index in [1.165, 1.54) is 0 Å². The highest BCUT2D eigenvalue weighted by molar-refractivity contribution is 6.33. The van der Waals surface area contributed by atoms with Crippen LogP contribution in [0.2, 0.25) is 10.3 Å². The first-order valence-corrected chi connectivity index (χ1v) is 4.62. The Morgan fingerprint density at radius 3 is 2.25 bits per heavy atom. The van der Waals surface area contributed by atoms with Gasteiger partial charge in [0.1, 0.15) is 16.1 Å². The zero-order valence-electron chi connectivity index (χ0n) is 6.59. The van der Waals surface area contributed by atoms with Crippen molar-refractivity contribution in [3.05, 3.63) is 22.2 Å². The van der Waals surface area contributed by atoms with Gasteiger partial charge in [0.05, 0.1) is 0 Å². The minimum absolute atomic E-state index is 0.434. The Morgan fingerprint density at radius 2 is 1.83 bits per heavy atom. The summed E-state index contributed by atoms with van der Waals surface area (Å²) in [6.07, 6.45) is 1.15. The van der Waals surface area contributed by atoms with Crippen molar-refractivity contribution in [1.29, 1.82) is 0 Å². The van der Waals surface area contributed by atoms with Crippen LogP contribution < -0.4 is 0 Å². The fourth-order valence-corrected chi connectivity index (χ4v) is 1.69. The summed E-state index contributed by atoms with van der Waals surface area (Å²) in [5, 5.41) is 0.869. The van der Waals surface area contributed by atoms with Crippen LogP contribution >= 0.6 is 23.2 Å². The van der Waals surface area contributed by atoms with Crippen molar-refractivity contribution in [3.8, 4) is 0 Å². The lowest BCUT2D eigenvalue weighted by atomic mass is 10.3. The highest BCUT2D eigenvalue weighted by atomic mass is 35.5. The van der Waals surface area contributed by atoms with Gasteiger partial charge in [-0.25, -0.2) is 9.97 Å². The standard InChI is InChI=1S/C8H8Cl2N2/c1-4-2-5(4)8-11-6(9)3-7(10)12-8/h3-5H,2H2,1H3. The number of rotatable bonds is 1. The molecule has 2 nitrogen and oxygen atoms in total. The maximum atomic E-state index is 5.73. The lowest BCUT2D eigenvalue weighted by Gasteiger charge is -1.98. The highest BCUT2D eigenvalue weighted by Gasteiger charge is 2.36. The second-order valence-electron chi connectivity index (χ2n) is 3.19. The van der Waals surface area contributed by atoms with Gasteiger partial charge in [-0.2, -0.15) is 0 Å². The second-order valence-corrected chi connectivity index (χ2v) is 3.97. The minimum Gasteiger partial charge on any atom is -0.221 e. The van der Waals surface area contributed by atoms with Crippen molar-refractivity contribution >= 4 is 23.2 Å². The Morgan fingerprint density at radius 1 is 1.33 bits per heavy atom. The molecular weight excluding hydrogens is 195 g/mol. The Hall–Kier alpha value is -0.340. The molecule has 1 aliphatic rings. The molecular formula is C8H8Cl2N2. The van der Waals surface area contributed by atoms with Crippen LogP contribution in [0.4, 0.5) is 0 Å². The number of hydrogen-bond donors (Lipinski definition) is 0. The highest BCUT2D eigenvalue weighted by Crippen LogP contribution is 2.45. The smallest absolute Gasteiger partial charge is 0.135 e. The summed E-state index contributed by atoms with van der Waals surface area (Å²) < 4.78 is 0. The zero-order chi connectivity index (χ0) is 8.72. The summed E-state index contributed by atoms with van der Waals surface area (Å²) in [5.74, 6) is 1.95. The zero-order valence-corrected chi connectivity index (χ0v) is 8.10. The average molecular weight is 203 g/mol. The van der Waals surface area contributed by atoms with Crippen LogP contribution in [0.5, 0.6) is 0 Å². The molecule has 0 amide bonds. The normalized spacial score (nSPS) is 27.2. The van der Waals surface area contributed by atoms with Crippen molar-refractivity contribution in [2.24, 2.45) is 5.92 Å².